The molecule has 1 aromatic heterocycles. The zero-order valence-corrected chi connectivity index (χ0v) is 16.1. The normalized spacial score (nSPS) is 16.4. The van der Waals surface area contributed by atoms with Crippen molar-refractivity contribution >= 4 is 73.3 Å². The molecule has 0 radical (unpaired) electrons. The Hall–Kier alpha value is -1.66. The molecule has 2 nitrogen and oxygen atoms in total. The summed E-state index contributed by atoms with van der Waals surface area (Å²) in [6.07, 6.45) is 1.92. The Morgan fingerprint density at radius 2 is 1.96 bits per heavy atom. The summed E-state index contributed by atoms with van der Waals surface area (Å²) in [5.41, 5.74) is 2.07. The van der Waals surface area contributed by atoms with Gasteiger partial charge in [-0.25, -0.2) is 0 Å². The summed E-state index contributed by atoms with van der Waals surface area (Å²) in [6.45, 7) is 0.499. The Bertz CT molecular complexity index is 1010. The topological polar surface area (TPSA) is 20.3 Å². The number of thiocarbonyl (C=S) groups is 1. The van der Waals surface area contributed by atoms with Crippen LogP contribution in [0.3, 0.4) is 0 Å². The maximum Gasteiger partial charge on any atom is 0.266 e. The molecule has 1 saturated heterocycles. The van der Waals surface area contributed by atoms with E-state index in [1.807, 2.05) is 60.0 Å². The number of benzene rings is 2. The van der Waals surface area contributed by atoms with Crippen molar-refractivity contribution in [2.75, 3.05) is 0 Å². The average Bonchev–Trinajstić information content (AvgIpc) is 3.12. The molecule has 2 aromatic carbocycles. The van der Waals surface area contributed by atoms with Crippen LogP contribution in [-0.4, -0.2) is 15.1 Å². The molecule has 0 atom stereocenters. The molecule has 4 rings (SSSR count). The van der Waals surface area contributed by atoms with Gasteiger partial charge in [-0.05, 0) is 40.8 Å². The first-order valence-corrected chi connectivity index (χ1v) is 10.1. The summed E-state index contributed by atoms with van der Waals surface area (Å²) in [7, 11) is 0. The number of thioether (sulfide) groups is 1. The first-order valence-electron chi connectivity index (χ1n) is 7.58. The van der Waals surface area contributed by atoms with Crippen LogP contribution in [0.25, 0.3) is 16.2 Å². The molecule has 0 unspecified atom stereocenters. The van der Waals surface area contributed by atoms with Gasteiger partial charge < -0.3 is 0 Å². The Morgan fingerprint density at radius 1 is 1.16 bits per heavy atom. The third-order valence-corrected chi connectivity index (χ3v) is 6.50. The number of fused-ring (bicyclic) bond motifs is 1. The highest BCUT2D eigenvalue weighted by molar-refractivity contribution is 8.26. The number of carbonyl (C=O) groups is 1. The van der Waals surface area contributed by atoms with E-state index < -0.39 is 0 Å². The Kier molecular flexibility index (Phi) is 4.65. The van der Waals surface area contributed by atoms with E-state index in [1.165, 1.54) is 11.8 Å². The average molecular weight is 402 g/mol. The maximum absolute atomic E-state index is 12.8. The second-order valence-corrected chi connectivity index (χ2v) is 8.61. The van der Waals surface area contributed by atoms with Crippen molar-refractivity contribution in [2.24, 2.45) is 0 Å². The quantitative estimate of drug-likeness (QED) is 0.399. The largest absolute Gasteiger partial charge is 0.288 e. The Morgan fingerprint density at radius 3 is 2.76 bits per heavy atom. The number of rotatable bonds is 3. The highest BCUT2D eigenvalue weighted by Gasteiger charge is 2.32. The van der Waals surface area contributed by atoms with Crippen LogP contribution in [0, 0.1) is 0 Å². The summed E-state index contributed by atoms with van der Waals surface area (Å²) < 4.78 is 1.74. The van der Waals surface area contributed by atoms with Crippen LogP contribution in [-0.2, 0) is 11.3 Å². The lowest BCUT2D eigenvalue weighted by atomic mass is 10.1. The molecule has 0 aliphatic carbocycles. The van der Waals surface area contributed by atoms with Gasteiger partial charge in [-0.3, -0.25) is 9.69 Å². The number of halogens is 1. The van der Waals surface area contributed by atoms with Gasteiger partial charge in [0.1, 0.15) is 4.32 Å². The summed E-state index contributed by atoms with van der Waals surface area (Å²) in [5.74, 6) is -0.0415. The second-order valence-electron chi connectivity index (χ2n) is 5.58. The van der Waals surface area contributed by atoms with Crippen molar-refractivity contribution in [3.05, 3.63) is 75.0 Å². The summed E-state index contributed by atoms with van der Waals surface area (Å²) in [4.78, 5) is 15.1. The van der Waals surface area contributed by atoms with Crippen molar-refractivity contribution in [2.45, 2.75) is 6.54 Å². The van der Waals surface area contributed by atoms with Crippen LogP contribution in [0.15, 0.2) is 58.8 Å². The fraction of sp³-hybridized carbons (Fsp3) is 0.0526. The molecule has 1 amide bonds. The predicted octanol–water partition coefficient (Wildman–Crippen LogP) is 5.96. The van der Waals surface area contributed by atoms with Crippen LogP contribution in [0.2, 0.25) is 5.02 Å². The highest BCUT2D eigenvalue weighted by atomic mass is 35.5. The van der Waals surface area contributed by atoms with Crippen molar-refractivity contribution in [3.8, 4) is 0 Å². The number of amides is 1. The molecular weight excluding hydrogens is 390 g/mol. The maximum atomic E-state index is 12.8. The predicted molar refractivity (Wildman–Crippen MR) is 112 cm³/mol. The molecule has 0 saturated carbocycles. The number of carbonyl (C=O) groups excluding carboxylic acids is 1. The van der Waals surface area contributed by atoms with E-state index in [1.54, 1.807) is 16.2 Å². The van der Waals surface area contributed by atoms with Gasteiger partial charge >= 0.3 is 0 Å². The molecule has 25 heavy (non-hydrogen) atoms. The van der Waals surface area contributed by atoms with Crippen LogP contribution in [0.4, 0.5) is 0 Å². The van der Waals surface area contributed by atoms with Crippen molar-refractivity contribution in [3.63, 3.8) is 0 Å². The third kappa shape index (κ3) is 3.37. The summed E-state index contributed by atoms with van der Waals surface area (Å²) in [6, 6.07) is 15.7. The number of thiophene rings is 1. The van der Waals surface area contributed by atoms with Crippen molar-refractivity contribution in [1.29, 1.82) is 0 Å². The van der Waals surface area contributed by atoms with E-state index in [0.717, 1.165) is 21.2 Å². The molecule has 0 spiro atoms. The zero-order valence-electron chi connectivity index (χ0n) is 12.9. The SMILES string of the molecule is O=C1/C(=C/c2csc3ccc(Cl)cc23)SC(=S)N1Cc1ccccc1. The number of nitrogens with zero attached hydrogens (tertiary/aromatic N) is 1. The smallest absolute Gasteiger partial charge is 0.266 e. The zero-order chi connectivity index (χ0) is 17.4. The first-order chi connectivity index (χ1) is 12.1. The third-order valence-electron chi connectivity index (χ3n) is 3.91. The molecule has 124 valence electrons. The number of hydrogen-bond acceptors (Lipinski definition) is 4. The molecule has 3 aromatic rings. The van der Waals surface area contributed by atoms with Crippen LogP contribution in [0.5, 0.6) is 0 Å². The minimum Gasteiger partial charge on any atom is -0.288 e. The second kappa shape index (κ2) is 6.92. The molecule has 0 bridgehead atoms. The van der Waals surface area contributed by atoms with Gasteiger partial charge in [-0.15, -0.1) is 11.3 Å². The Balaban J connectivity index is 1.64. The van der Waals surface area contributed by atoms with Gasteiger partial charge in [-0.1, -0.05) is 65.9 Å². The van der Waals surface area contributed by atoms with Gasteiger partial charge in [0.15, 0.2) is 0 Å². The monoisotopic (exact) mass is 401 g/mol. The van der Waals surface area contributed by atoms with Gasteiger partial charge in [0.2, 0.25) is 0 Å². The summed E-state index contributed by atoms with van der Waals surface area (Å²) in [5, 5.41) is 3.80. The lowest BCUT2D eigenvalue weighted by molar-refractivity contribution is -0.122. The lowest BCUT2D eigenvalue weighted by Crippen LogP contribution is -2.27. The highest BCUT2D eigenvalue weighted by Crippen LogP contribution is 2.36. The van der Waals surface area contributed by atoms with Gasteiger partial charge in [-0.2, -0.15) is 0 Å². The van der Waals surface area contributed by atoms with Crippen LogP contribution >= 0.6 is 46.9 Å². The minimum atomic E-state index is -0.0415. The molecule has 1 fully saturated rings. The molecular formula is C19H12ClNOS3. The van der Waals surface area contributed by atoms with Crippen molar-refractivity contribution in [1.82, 2.24) is 4.90 Å². The van der Waals surface area contributed by atoms with E-state index in [4.69, 9.17) is 23.8 Å². The fourth-order valence-corrected chi connectivity index (χ4v) is 4.99. The summed E-state index contributed by atoms with van der Waals surface area (Å²) >= 11 is 14.5. The van der Waals surface area contributed by atoms with Gasteiger partial charge in [0.25, 0.3) is 5.91 Å². The standard InChI is InChI=1S/C19H12ClNOS3/c20-14-6-7-16-15(9-14)13(11-24-16)8-17-18(22)21(19(23)25-17)10-12-4-2-1-3-5-12/h1-9,11H,10H2/b17-8-. The van der Waals surface area contributed by atoms with Gasteiger partial charge in [0.05, 0.1) is 11.4 Å². The first kappa shape index (κ1) is 16.8. The van der Waals surface area contributed by atoms with Crippen LogP contribution in [0.1, 0.15) is 11.1 Å². The molecule has 1 aliphatic heterocycles. The van der Waals surface area contributed by atoms with Crippen LogP contribution < -0.4 is 0 Å². The van der Waals surface area contributed by atoms with Gasteiger partial charge in [0, 0.05) is 15.1 Å². The number of hydrogen-bond donors (Lipinski definition) is 0. The van der Waals surface area contributed by atoms with Crippen molar-refractivity contribution < 1.29 is 4.79 Å². The lowest BCUT2D eigenvalue weighted by Gasteiger charge is -2.14. The van der Waals surface area contributed by atoms with E-state index in [-0.39, 0.29) is 5.91 Å². The minimum absolute atomic E-state index is 0.0415. The molecule has 0 N–H and O–H groups in total. The molecule has 2 heterocycles. The Labute approximate surface area is 164 Å². The van der Waals surface area contributed by atoms with E-state index in [0.29, 0.717) is 20.8 Å². The van der Waals surface area contributed by atoms with E-state index in [2.05, 4.69) is 0 Å². The van der Waals surface area contributed by atoms with E-state index >= 15 is 0 Å². The molecule has 6 heteroatoms. The van der Waals surface area contributed by atoms with E-state index in [9.17, 15) is 4.79 Å². The molecule has 1 aliphatic rings. The fourth-order valence-electron chi connectivity index (χ4n) is 2.68.